The van der Waals surface area contributed by atoms with E-state index in [1.807, 2.05) is 0 Å². The Balaban J connectivity index is 0.00000162. The van der Waals surface area contributed by atoms with Gasteiger partial charge in [-0.3, -0.25) is 4.90 Å². The second-order valence-electron chi connectivity index (χ2n) is 8.79. The average molecular weight is 495 g/mol. The maximum absolute atomic E-state index is 4.92. The number of para-hydroxylation sites is 1. The lowest BCUT2D eigenvalue weighted by Crippen LogP contribution is -2.42. The van der Waals surface area contributed by atoms with Crippen molar-refractivity contribution < 1.29 is 0 Å². The largest absolute Gasteiger partial charge is 0.314 e. The highest BCUT2D eigenvalue weighted by Gasteiger charge is 2.18. The van der Waals surface area contributed by atoms with E-state index in [9.17, 15) is 0 Å². The molecule has 4 aromatic rings. The minimum atomic E-state index is 0. The molecule has 1 aliphatic heterocycles. The Morgan fingerprint density at radius 2 is 1.44 bits per heavy atom. The number of hydrogen-bond acceptors (Lipinski definition) is 3. The molecule has 1 saturated heterocycles. The van der Waals surface area contributed by atoms with Crippen molar-refractivity contribution in [1.29, 1.82) is 0 Å². The van der Waals surface area contributed by atoms with Crippen LogP contribution in [0.4, 0.5) is 0 Å². The van der Waals surface area contributed by atoms with E-state index in [2.05, 4.69) is 101 Å². The molecule has 178 valence electrons. The molecule has 1 aromatic heterocycles. The minimum absolute atomic E-state index is 0. The first-order valence-corrected chi connectivity index (χ1v) is 11.8. The van der Waals surface area contributed by atoms with Gasteiger partial charge in [-0.15, -0.1) is 24.8 Å². The summed E-state index contributed by atoms with van der Waals surface area (Å²) in [5.41, 5.74) is 6.12. The predicted molar refractivity (Wildman–Crippen MR) is 148 cm³/mol. The first-order chi connectivity index (χ1) is 15.8. The molecular formula is C29H33Cl2N3. The van der Waals surface area contributed by atoms with E-state index in [0.717, 1.165) is 30.7 Å². The van der Waals surface area contributed by atoms with Crippen molar-refractivity contribution in [1.82, 2.24) is 15.2 Å². The summed E-state index contributed by atoms with van der Waals surface area (Å²) in [7, 11) is 0. The maximum Gasteiger partial charge on any atom is 0.0712 e. The Bertz CT molecular complexity index is 1140. The Morgan fingerprint density at radius 1 is 0.794 bits per heavy atom. The zero-order chi connectivity index (χ0) is 21.6. The highest BCUT2D eigenvalue weighted by Crippen LogP contribution is 2.25. The monoisotopic (exact) mass is 493 g/mol. The van der Waals surface area contributed by atoms with Gasteiger partial charge in [-0.05, 0) is 62.2 Å². The molecule has 0 radical (unpaired) electrons. The van der Waals surface area contributed by atoms with Crippen molar-refractivity contribution in [2.45, 2.75) is 31.8 Å². The van der Waals surface area contributed by atoms with Gasteiger partial charge in [-0.25, -0.2) is 4.98 Å². The lowest BCUT2D eigenvalue weighted by atomic mass is 10.0. The summed E-state index contributed by atoms with van der Waals surface area (Å²) in [5, 5.41) is 5.10. The Kier molecular flexibility index (Phi) is 9.91. The van der Waals surface area contributed by atoms with Crippen LogP contribution in [0.1, 0.15) is 24.0 Å². The number of nitrogens with zero attached hydrogens (tertiary/aromatic N) is 2. The molecule has 5 rings (SSSR count). The smallest absolute Gasteiger partial charge is 0.0712 e. The van der Waals surface area contributed by atoms with Crippen LogP contribution in [0.25, 0.3) is 22.2 Å². The summed E-state index contributed by atoms with van der Waals surface area (Å²) in [6.45, 7) is 4.41. The molecule has 1 fully saturated rings. The quantitative estimate of drug-likeness (QED) is 0.316. The van der Waals surface area contributed by atoms with E-state index in [1.54, 1.807) is 0 Å². The Labute approximate surface area is 215 Å². The van der Waals surface area contributed by atoms with Gasteiger partial charge in [-0.1, -0.05) is 78.9 Å². The number of likely N-dealkylation sites (tertiary alicyclic amines) is 1. The summed E-state index contributed by atoms with van der Waals surface area (Å²) in [5.74, 6) is 0. The molecule has 0 bridgehead atoms. The summed E-state index contributed by atoms with van der Waals surface area (Å²) < 4.78 is 0. The highest BCUT2D eigenvalue weighted by molar-refractivity contribution is 5.86. The highest BCUT2D eigenvalue weighted by atomic mass is 35.5. The molecule has 5 heteroatoms. The molecule has 1 N–H and O–H groups in total. The molecule has 0 aliphatic carbocycles. The van der Waals surface area contributed by atoms with Gasteiger partial charge >= 0.3 is 0 Å². The van der Waals surface area contributed by atoms with E-state index < -0.39 is 0 Å². The lowest BCUT2D eigenvalue weighted by molar-refractivity contribution is 0.191. The molecule has 34 heavy (non-hydrogen) atoms. The van der Waals surface area contributed by atoms with Gasteiger partial charge in [-0.2, -0.15) is 0 Å². The van der Waals surface area contributed by atoms with Crippen LogP contribution in [-0.2, 0) is 13.0 Å². The van der Waals surface area contributed by atoms with Gasteiger partial charge in [0.05, 0.1) is 11.2 Å². The van der Waals surface area contributed by atoms with Crippen LogP contribution >= 0.6 is 24.8 Å². The Morgan fingerprint density at radius 3 is 2.18 bits per heavy atom. The van der Waals surface area contributed by atoms with Crippen molar-refractivity contribution in [3.05, 3.63) is 102 Å². The number of halogens is 2. The van der Waals surface area contributed by atoms with Gasteiger partial charge in [0.15, 0.2) is 0 Å². The van der Waals surface area contributed by atoms with Gasteiger partial charge < -0.3 is 5.32 Å². The van der Waals surface area contributed by atoms with E-state index >= 15 is 0 Å². The normalized spacial score (nSPS) is 14.4. The number of hydrogen-bond donors (Lipinski definition) is 1. The second-order valence-corrected chi connectivity index (χ2v) is 8.79. The fourth-order valence-corrected chi connectivity index (χ4v) is 4.76. The summed E-state index contributed by atoms with van der Waals surface area (Å²) in [6, 6.07) is 32.7. The van der Waals surface area contributed by atoms with Crippen LogP contribution in [0.5, 0.6) is 0 Å². The third kappa shape index (κ3) is 6.58. The van der Waals surface area contributed by atoms with Crippen LogP contribution < -0.4 is 5.32 Å². The van der Waals surface area contributed by atoms with E-state index in [0.29, 0.717) is 6.04 Å². The molecular weight excluding hydrogens is 461 g/mol. The van der Waals surface area contributed by atoms with Gasteiger partial charge in [0.2, 0.25) is 0 Å². The SMILES string of the molecule is Cl.Cl.c1ccc(CN2CCC(NCCc3cc(-c4ccccc4)nc4ccccc34)CC2)cc1. The lowest BCUT2D eigenvalue weighted by Gasteiger charge is -2.32. The fraction of sp³-hybridized carbons (Fsp3) is 0.276. The van der Waals surface area contributed by atoms with Gasteiger partial charge in [0.25, 0.3) is 0 Å². The molecule has 1 aliphatic rings. The number of aromatic nitrogens is 1. The number of benzene rings is 3. The van der Waals surface area contributed by atoms with Crippen LogP contribution in [0.3, 0.4) is 0 Å². The molecule has 0 saturated carbocycles. The molecule has 0 spiro atoms. The van der Waals surface area contributed by atoms with Gasteiger partial charge in [0, 0.05) is 23.5 Å². The van der Waals surface area contributed by atoms with E-state index in [1.165, 1.54) is 48.0 Å². The first-order valence-electron chi connectivity index (χ1n) is 11.8. The predicted octanol–water partition coefficient (Wildman–Crippen LogP) is 6.54. The standard InChI is InChI=1S/C29H31N3.2ClH/c1-3-9-23(10-4-1)22-32-19-16-26(17-20-32)30-18-15-25-21-29(24-11-5-2-6-12-24)31-28-14-8-7-13-27(25)28;;/h1-14,21,26,30H,15-20,22H2;2*1H. The van der Waals surface area contributed by atoms with Crippen LogP contribution in [-0.4, -0.2) is 35.6 Å². The van der Waals surface area contributed by atoms with Crippen molar-refractivity contribution in [2.24, 2.45) is 0 Å². The molecule has 0 amide bonds. The molecule has 3 aromatic carbocycles. The van der Waals surface area contributed by atoms with E-state index in [-0.39, 0.29) is 24.8 Å². The van der Waals surface area contributed by atoms with Crippen molar-refractivity contribution in [3.8, 4) is 11.3 Å². The third-order valence-electron chi connectivity index (χ3n) is 6.54. The number of rotatable bonds is 7. The topological polar surface area (TPSA) is 28.2 Å². The summed E-state index contributed by atoms with van der Waals surface area (Å²) in [4.78, 5) is 7.50. The third-order valence-corrected chi connectivity index (χ3v) is 6.54. The van der Waals surface area contributed by atoms with Crippen LogP contribution in [0.15, 0.2) is 91.0 Å². The number of nitrogens with one attached hydrogen (secondary N) is 1. The van der Waals surface area contributed by atoms with Crippen molar-refractivity contribution >= 4 is 35.7 Å². The van der Waals surface area contributed by atoms with Crippen molar-refractivity contribution in [3.63, 3.8) is 0 Å². The molecule has 3 nitrogen and oxygen atoms in total. The minimum Gasteiger partial charge on any atom is -0.314 e. The van der Waals surface area contributed by atoms with Crippen LogP contribution in [0, 0.1) is 0 Å². The van der Waals surface area contributed by atoms with E-state index in [4.69, 9.17) is 4.98 Å². The Hall–Kier alpha value is -2.43. The molecule has 0 atom stereocenters. The fourth-order valence-electron chi connectivity index (χ4n) is 4.76. The van der Waals surface area contributed by atoms with Gasteiger partial charge in [0.1, 0.15) is 0 Å². The van der Waals surface area contributed by atoms with Crippen molar-refractivity contribution in [2.75, 3.05) is 19.6 Å². The number of fused-ring (bicyclic) bond motifs is 1. The number of pyridine rings is 1. The zero-order valence-electron chi connectivity index (χ0n) is 19.4. The summed E-state index contributed by atoms with van der Waals surface area (Å²) in [6.07, 6.45) is 3.46. The zero-order valence-corrected chi connectivity index (χ0v) is 21.0. The molecule has 0 unspecified atom stereocenters. The molecule has 2 heterocycles. The maximum atomic E-state index is 4.92. The van der Waals surface area contributed by atoms with Crippen LogP contribution in [0.2, 0.25) is 0 Å². The second kappa shape index (κ2) is 12.9. The average Bonchev–Trinajstić information content (AvgIpc) is 2.86. The summed E-state index contributed by atoms with van der Waals surface area (Å²) >= 11 is 0. The number of piperidine rings is 1. The first kappa shape index (κ1) is 26.2.